The standard InChI is InChI=1S/C14H11Si/c1-2-12-13(9-6-10-14(12)15)11-7-4-3-5-8-11/h2-10H,1H2. The van der Waals surface area contributed by atoms with Crippen molar-refractivity contribution >= 4 is 21.5 Å². The fraction of sp³-hybridized carbons (Fsp3) is 0. The highest BCUT2D eigenvalue weighted by Crippen LogP contribution is 2.22. The van der Waals surface area contributed by atoms with E-state index in [1.165, 1.54) is 11.1 Å². The van der Waals surface area contributed by atoms with E-state index in [9.17, 15) is 0 Å². The van der Waals surface area contributed by atoms with E-state index in [1.54, 1.807) is 0 Å². The molecule has 0 atom stereocenters. The lowest BCUT2D eigenvalue weighted by Crippen LogP contribution is -2.07. The van der Waals surface area contributed by atoms with E-state index in [0.29, 0.717) is 0 Å². The normalized spacial score (nSPS) is 9.93. The SMILES string of the molecule is C=Cc1c([Si])cccc1-c1ccccc1. The Morgan fingerprint density at radius 1 is 0.933 bits per heavy atom. The average Bonchev–Trinajstić information content (AvgIpc) is 2.30. The van der Waals surface area contributed by atoms with Crippen LogP contribution in [0.2, 0.25) is 0 Å². The van der Waals surface area contributed by atoms with Crippen LogP contribution in [0.25, 0.3) is 17.2 Å². The van der Waals surface area contributed by atoms with Crippen LogP contribution in [0.5, 0.6) is 0 Å². The second-order valence-electron chi connectivity index (χ2n) is 3.34. The molecule has 2 rings (SSSR count). The summed E-state index contributed by atoms with van der Waals surface area (Å²) in [6, 6.07) is 16.5. The predicted molar refractivity (Wildman–Crippen MR) is 67.4 cm³/mol. The molecule has 0 unspecified atom stereocenters. The van der Waals surface area contributed by atoms with Crippen LogP contribution in [0.1, 0.15) is 5.56 Å². The summed E-state index contributed by atoms with van der Waals surface area (Å²) in [5.41, 5.74) is 3.56. The zero-order valence-electron chi connectivity index (χ0n) is 8.40. The van der Waals surface area contributed by atoms with E-state index < -0.39 is 0 Å². The van der Waals surface area contributed by atoms with Crippen LogP contribution in [0, 0.1) is 0 Å². The first-order chi connectivity index (χ1) is 7.33. The van der Waals surface area contributed by atoms with Crippen LogP contribution in [0.3, 0.4) is 0 Å². The van der Waals surface area contributed by atoms with Gasteiger partial charge in [0.1, 0.15) is 0 Å². The van der Waals surface area contributed by atoms with Gasteiger partial charge in [0, 0.05) is 0 Å². The average molecular weight is 207 g/mol. The third-order valence-corrected chi connectivity index (χ3v) is 2.83. The molecule has 0 bridgehead atoms. The first-order valence-electron chi connectivity index (χ1n) is 4.85. The molecule has 0 amide bonds. The van der Waals surface area contributed by atoms with Crippen LogP contribution in [-0.4, -0.2) is 10.2 Å². The monoisotopic (exact) mass is 207 g/mol. The second kappa shape index (κ2) is 4.28. The van der Waals surface area contributed by atoms with Crippen molar-refractivity contribution in [3.63, 3.8) is 0 Å². The number of benzene rings is 2. The molecular weight excluding hydrogens is 196 g/mol. The van der Waals surface area contributed by atoms with Crippen molar-refractivity contribution in [2.45, 2.75) is 0 Å². The molecule has 0 heterocycles. The van der Waals surface area contributed by atoms with E-state index in [-0.39, 0.29) is 0 Å². The highest BCUT2D eigenvalue weighted by atomic mass is 28.1. The molecule has 71 valence electrons. The maximum absolute atomic E-state index is 3.85. The summed E-state index contributed by atoms with van der Waals surface area (Å²) in [5, 5.41) is 1.08. The van der Waals surface area contributed by atoms with Gasteiger partial charge in [-0.1, -0.05) is 66.4 Å². The maximum Gasteiger partial charge on any atom is 0.0720 e. The van der Waals surface area contributed by atoms with Gasteiger partial charge in [0.2, 0.25) is 0 Å². The molecule has 0 aliphatic rings. The Kier molecular flexibility index (Phi) is 2.83. The Bertz CT molecular complexity index is 472. The molecule has 2 aromatic rings. The fourth-order valence-corrected chi connectivity index (χ4v) is 1.99. The second-order valence-corrected chi connectivity index (χ2v) is 3.88. The summed E-state index contributed by atoms with van der Waals surface area (Å²) >= 11 is 0. The molecule has 2 aromatic carbocycles. The van der Waals surface area contributed by atoms with Gasteiger partial charge in [0.15, 0.2) is 0 Å². The molecular formula is C14H11Si. The van der Waals surface area contributed by atoms with E-state index in [4.69, 9.17) is 0 Å². The number of rotatable bonds is 2. The Balaban J connectivity index is 2.63. The van der Waals surface area contributed by atoms with Crippen LogP contribution in [0.15, 0.2) is 55.1 Å². The minimum Gasteiger partial charge on any atom is -0.0985 e. The van der Waals surface area contributed by atoms with Gasteiger partial charge in [-0.05, 0) is 16.7 Å². The lowest BCUT2D eigenvalue weighted by Gasteiger charge is -2.08. The Morgan fingerprint density at radius 3 is 2.33 bits per heavy atom. The highest BCUT2D eigenvalue weighted by Gasteiger charge is 2.03. The largest absolute Gasteiger partial charge is 0.0985 e. The molecule has 0 N–H and O–H groups in total. The molecule has 0 aliphatic heterocycles. The van der Waals surface area contributed by atoms with Crippen LogP contribution in [0.4, 0.5) is 0 Å². The van der Waals surface area contributed by atoms with Crippen molar-refractivity contribution < 1.29 is 0 Å². The van der Waals surface area contributed by atoms with Crippen LogP contribution >= 0.6 is 0 Å². The van der Waals surface area contributed by atoms with E-state index >= 15 is 0 Å². The quantitative estimate of drug-likeness (QED) is 0.664. The lowest BCUT2D eigenvalue weighted by molar-refractivity contribution is 1.62. The highest BCUT2D eigenvalue weighted by molar-refractivity contribution is 6.34. The van der Waals surface area contributed by atoms with Crippen LogP contribution < -0.4 is 5.19 Å². The molecule has 0 aliphatic carbocycles. The molecule has 0 nitrogen and oxygen atoms in total. The van der Waals surface area contributed by atoms with Crippen molar-refractivity contribution in [2.24, 2.45) is 0 Å². The first-order valence-corrected chi connectivity index (χ1v) is 5.35. The summed E-state index contributed by atoms with van der Waals surface area (Å²) in [7, 11) is 3.59. The van der Waals surface area contributed by atoms with Gasteiger partial charge in [-0.2, -0.15) is 0 Å². The van der Waals surface area contributed by atoms with Gasteiger partial charge in [-0.15, -0.1) is 0 Å². The predicted octanol–water partition coefficient (Wildman–Crippen LogP) is 2.79. The van der Waals surface area contributed by atoms with Crippen LogP contribution in [-0.2, 0) is 0 Å². The van der Waals surface area contributed by atoms with Gasteiger partial charge < -0.3 is 0 Å². The summed E-state index contributed by atoms with van der Waals surface area (Å²) < 4.78 is 0. The zero-order valence-corrected chi connectivity index (χ0v) is 9.40. The van der Waals surface area contributed by atoms with Gasteiger partial charge in [-0.3, -0.25) is 0 Å². The van der Waals surface area contributed by atoms with Gasteiger partial charge in [-0.25, -0.2) is 0 Å². The molecule has 0 fully saturated rings. The summed E-state index contributed by atoms with van der Waals surface area (Å²) in [4.78, 5) is 0. The minimum absolute atomic E-state index is 1.08. The third kappa shape index (κ3) is 1.92. The molecule has 0 aromatic heterocycles. The Labute approximate surface area is 93.7 Å². The van der Waals surface area contributed by atoms with E-state index in [0.717, 1.165) is 10.8 Å². The zero-order chi connectivity index (χ0) is 10.7. The molecule has 3 radical (unpaired) electrons. The van der Waals surface area contributed by atoms with E-state index in [1.807, 2.05) is 36.4 Å². The van der Waals surface area contributed by atoms with Gasteiger partial charge in [0.25, 0.3) is 0 Å². The van der Waals surface area contributed by atoms with Gasteiger partial charge >= 0.3 is 0 Å². The van der Waals surface area contributed by atoms with Crippen molar-refractivity contribution in [1.29, 1.82) is 0 Å². The fourth-order valence-electron chi connectivity index (χ4n) is 1.65. The van der Waals surface area contributed by atoms with Crippen molar-refractivity contribution in [3.8, 4) is 11.1 Å². The first kappa shape index (κ1) is 9.93. The molecule has 1 heteroatoms. The Hall–Kier alpha value is -1.60. The minimum atomic E-state index is 1.08. The third-order valence-electron chi connectivity index (χ3n) is 2.40. The molecule has 15 heavy (non-hydrogen) atoms. The molecule has 0 saturated heterocycles. The summed E-state index contributed by atoms with van der Waals surface area (Å²) in [5.74, 6) is 0. The van der Waals surface area contributed by atoms with Crippen molar-refractivity contribution in [1.82, 2.24) is 0 Å². The smallest absolute Gasteiger partial charge is 0.0720 e. The maximum atomic E-state index is 3.85. The van der Waals surface area contributed by atoms with E-state index in [2.05, 4.69) is 35.0 Å². The van der Waals surface area contributed by atoms with Crippen molar-refractivity contribution in [3.05, 3.63) is 60.7 Å². The number of hydrogen-bond donors (Lipinski definition) is 0. The van der Waals surface area contributed by atoms with Crippen molar-refractivity contribution in [2.75, 3.05) is 0 Å². The lowest BCUT2D eigenvalue weighted by atomic mass is 10.00. The summed E-state index contributed by atoms with van der Waals surface area (Å²) in [6.45, 7) is 3.85. The molecule has 0 saturated carbocycles. The summed E-state index contributed by atoms with van der Waals surface area (Å²) in [6.07, 6.45) is 1.88. The number of hydrogen-bond acceptors (Lipinski definition) is 0. The Morgan fingerprint density at radius 2 is 1.67 bits per heavy atom. The molecule has 0 spiro atoms. The van der Waals surface area contributed by atoms with Gasteiger partial charge in [0.05, 0.1) is 10.2 Å². The topological polar surface area (TPSA) is 0 Å².